The van der Waals surface area contributed by atoms with Gasteiger partial charge in [0, 0.05) is 11.8 Å². The van der Waals surface area contributed by atoms with Crippen LogP contribution >= 0.6 is 12.4 Å². The van der Waals surface area contributed by atoms with Gasteiger partial charge in [-0.3, -0.25) is 0 Å². The maximum Gasteiger partial charge on any atom is 0.214 e. The Morgan fingerprint density at radius 2 is 2.15 bits per heavy atom. The molecule has 2 N–H and O–H groups in total. The fourth-order valence-corrected chi connectivity index (χ4v) is 0.885. The second-order valence-corrected chi connectivity index (χ2v) is 2.22. The van der Waals surface area contributed by atoms with Crippen LogP contribution in [-0.2, 0) is 0 Å². The Hall–Kier alpha value is -1.62. The van der Waals surface area contributed by atoms with Crippen LogP contribution < -0.4 is 5.73 Å². The number of pyridine rings is 1. The number of nitrogens with zero attached hydrogens (tertiary/aromatic N) is 3. The van der Waals surface area contributed by atoms with Crippen molar-refractivity contribution in [2.45, 2.75) is 0 Å². The van der Waals surface area contributed by atoms with Crippen LogP contribution in [0.25, 0.3) is 11.4 Å². The lowest BCUT2D eigenvalue weighted by atomic mass is 10.2. The van der Waals surface area contributed by atoms with E-state index in [1.807, 2.05) is 0 Å². The lowest BCUT2D eigenvalue weighted by Crippen LogP contribution is -1.89. The Morgan fingerprint density at radius 1 is 1.31 bits per heavy atom. The van der Waals surface area contributed by atoms with Gasteiger partial charge < -0.3 is 10.3 Å². The molecule has 5 nitrogen and oxygen atoms in total. The number of nitrogen functional groups attached to an aromatic ring is 1. The first-order valence-corrected chi connectivity index (χ1v) is 3.34. The number of halogens is 1. The first kappa shape index (κ1) is 9.47. The molecule has 0 aromatic carbocycles. The topological polar surface area (TPSA) is 77.8 Å². The van der Waals surface area contributed by atoms with Crippen molar-refractivity contribution in [2.24, 2.45) is 0 Å². The summed E-state index contributed by atoms with van der Waals surface area (Å²) in [7, 11) is 0. The molecule has 0 atom stereocenters. The molecule has 0 aliphatic carbocycles. The van der Waals surface area contributed by atoms with Gasteiger partial charge in [-0.2, -0.15) is 4.98 Å². The van der Waals surface area contributed by atoms with E-state index >= 15 is 0 Å². The summed E-state index contributed by atoms with van der Waals surface area (Å²) < 4.78 is 4.59. The molecule has 13 heavy (non-hydrogen) atoms. The van der Waals surface area contributed by atoms with Gasteiger partial charge in [-0.25, -0.2) is 4.98 Å². The Morgan fingerprint density at radius 3 is 2.77 bits per heavy atom. The van der Waals surface area contributed by atoms with Gasteiger partial charge in [-0.05, 0) is 12.1 Å². The molecule has 0 radical (unpaired) electrons. The van der Waals surface area contributed by atoms with Gasteiger partial charge >= 0.3 is 0 Å². The summed E-state index contributed by atoms with van der Waals surface area (Å²) in [5.74, 6) is 0.960. The zero-order valence-corrected chi connectivity index (χ0v) is 7.36. The highest BCUT2D eigenvalue weighted by Gasteiger charge is 2.01. The summed E-state index contributed by atoms with van der Waals surface area (Å²) in [4.78, 5) is 7.71. The van der Waals surface area contributed by atoms with Gasteiger partial charge in [0.25, 0.3) is 0 Å². The van der Waals surface area contributed by atoms with E-state index in [4.69, 9.17) is 5.73 Å². The Labute approximate surface area is 80.4 Å². The third kappa shape index (κ3) is 1.94. The van der Waals surface area contributed by atoms with Crippen molar-refractivity contribution >= 4 is 18.2 Å². The number of anilines is 1. The summed E-state index contributed by atoms with van der Waals surface area (Å²) in [5.41, 5.74) is 6.27. The number of nitrogens with two attached hydrogens (primary N) is 1. The Kier molecular flexibility index (Phi) is 2.81. The molecule has 0 spiro atoms. The third-order valence-electron chi connectivity index (χ3n) is 1.40. The zero-order chi connectivity index (χ0) is 8.39. The maximum absolute atomic E-state index is 5.47. The van der Waals surface area contributed by atoms with E-state index in [1.165, 1.54) is 6.39 Å². The molecule has 6 heteroatoms. The van der Waals surface area contributed by atoms with Crippen LogP contribution in [0.3, 0.4) is 0 Å². The third-order valence-corrected chi connectivity index (χ3v) is 1.40. The molecule has 2 rings (SSSR count). The highest BCUT2D eigenvalue weighted by atomic mass is 35.5. The monoisotopic (exact) mass is 198 g/mol. The normalized spacial score (nSPS) is 9.23. The smallest absolute Gasteiger partial charge is 0.214 e. The van der Waals surface area contributed by atoms with Gasteiger partial charge in [0.15, 0.2) is 0 Å². The second-order valence-electron chi connectivity index (χ2n) is 2.22. The van der Waals surface area contributed by atoms with Crippen molar-refractivity contribution < 1.29 is 4.52 Å². The van der Waals surface area contributed by atoms with E-state index in [9.17, 15) is 0 Å². The summed E-state index contributed by atoms with van der Waals surface area (Å²) in [6.07, 6.45) is 2.87. The molecule has 0 aliphatic heterocycles. The predicted molar refractivity (Wildman–Crippen MR) is 49.2 cm³/mol. The standard InChI is InChI=1S/C7H6N4O.ClH/c8-6-3-5(1-2-9-6)7-10-4-12-11-7;/h1-4H,(H2,8,9);1H. The molecule has 68 valence electrons. The number of rotatable bonds is 1. The minimum Gasteiger partial charge on any atom is -0.384 e. The van der Waals surface area contributed by atoms with E-state index in [1.54, 1.807) is 18.3 Å². The molecular formula is C7H7ClN4O. The molecule has 0 amide bonds. The van der Waals surface area contributed by atoms with Crippen molar-refractivity contribution in [3.63, 3.8) is 0 Å². The van der Waals surface area contributed by atoms with Gasteiger partial charge in [-0.1, -0.05) is 5.16 Å². The molecular weight excluding hydrogens is 192 g/mol. The Bertz CT molecular complexity index is 376. The van der Waals surface area contributed by atoms with Gasteiger partial charge in [0.2, 0.25) is 12.2 Å². The van der Waals surface area contributed by atoms with Crippen molar-refractivity contribution in [1.82, 2.24) is 15.1 Å². The molecule has 0 bridgehead atoms. The highest BCUT2D eigenvalue weighted by molar-refractivity contribution is 5.85. The minimum atomic E-state index is 0. The van der Waals surface area contributed by atoms with Crippen LogP contribution in [0.15, 0.2) is 29.2 Å². The first-order chi connectivity index (χ1) is 5.86. The van der Waals surface area contributed by atoms with Crippen molar-refractivity contribution in [2.75, 3.05) is 5.73 Å². The van der Waals surface area contributed by atoms with Crippen LogP contribution in [-0.4, -0.2) is 15.1 Å². The van der Waals surface area contributed by atoms with E-state index in [2.05, 4.69) is 19.6 Å². The second kappa shape index (κ2) is 3.86. The summed E-state index contributed by atoms with van der Waals surface area (Å²) >= 11 is 0. The highest BCUT2D eigenvalue weighted by Crippen LogP contribution is 2.14. The fourth-order valence-electron chi connectivity index (χ4n) is 0.885. The van der Waals surface area contributed by atoms with Crippen molar-refractivity contribution in [3.8, 4) is 11.4 Å². The van der Waals surface area contributed by atoms with Crippen LogP contribution in [0.2, 0.25) is 0 Å². The van der Waals surface area contributed by atoms with E-state index in [0.29, 0.717) is 11.6 Å². The molecule has 0 saturated heterocycles. The van der Waals surface area contributed by atoms with Crippen molar-refractivity contribution in [3.05, 3.63) is 24.7 Å². The van der Waals surface area contributed by atoms with E-state index in [0.717, 1.165) is 5.56 Å². The van der Waals surface area contributed by atoms with Gasteiger partial charge in [0.05, 0.1) is 0 Å². The SMILES string of the molecule is Cl.Nc1cc(-c2ncon2)ccn1. The number of aromatic nitrogens is 3. The van der Waals surface area contributed by atoms with Gasteiger partial charge in [0.1, 0.15) is 5.82 Å². The molecule has 2 heterocycles. The van der Waals surface area contributed by atoms with Crippen LogP contribution in [0, 0.1) is 0 Å². The lowest BCUT2D eigenvalue weighted by Gasteiger charge is -1.93. The molecule has 0 aliphatic rings. The van der Waals surface area contributed by atoms with Crippen LogP contribution in [0.5, 0.6) is 0 Å². The molecule has 2 aromatic rings. The van der Waals surface area contributed by atoms with Crippen LogP contribution in [0.4, 0.5) is 5.82 Å². The quantitative estimate of drug-likeness (QED) is 0.744. The fraction of sp³-hybridized carbons (Fsp3) is 0. The maximum atomic E-state index is 5.47. The summed E-state index contributed by atoms with van der Waals surface area (Å²) in [6.45, 7) is 0. The number of hydrogen-bond acceptors (Lipinski definition) is 5. The summed E-state index contributed by atoms with van der Waals surface area (Å²) in [5, 5.41) is 3.66. The lowest BCUT2D eigenvalue weighted by molar-refractivity contribution is 0.419. The zero-order valence-electron chi connectivity index (χ0n) is 6.54. The van der Waals surface area contributed by atoms with Gasteiger partial charge in [-0.15, -0.1) is 12.4 Å². The average molecular weight is 199 g/mol. The first-order valence-electron chi connectivity index (χ1n) is 3.34. The Balaban J connectivity index is 0.000000845. The molecule has 0 saturated carbocycles. The van der Waals surface area contributed by atoms with E-state index in [-0.39, 0.29) is 12.4 Å². The molecule has 2 aromatic heterocycles. The van der Waals surface area contributed by atoms with E-state index < -0.39 is 0 Å². The summed E-state index contributed by atoms with van der Waals surface area (Å²) in [6, 6.07) is 3.45. The predicted octanol–water partition coefficient (Wildman–Crippen LogP) is 1.14. The largest absolute Gasteiger partial charge is 0.384 e. The molecule has 0 unspecified atom stereocenters. The van der Waals surface area contributed by atoms with Crippen molar-refractivity contribution in [1.29, 1.82) is 0 Å². The number of hydrogen-bond donors (Lipinski definition) is 1. The van der Waals surface area contributed by atoms with Crippen LogP contribution in [0.1, 0.15) is 0 Å². The minimum absolute atomic E-state index is 0. The average Bonchev–Trinajstić information content (AvgIpc) is 2.56. The molecule has 0 fully saturated rings.